The first-order chi connectivity index (χ1) is 26.6. The van der Waals surface area contributed by atoms with Crippen LogP contribution in [0.5, 0.6) is 17.2 Å². The number of benzene rings is 2. The minimum Gasteiger partial charge on any atom is -0.490 e. The third kappa shape index (κ3) is 6.58. The second-order valence-electron chi connectivity index (χ2n) is 11.4. The molecule has 22 radical (unpaired) electrons. The van der Waals surface area contributed by atoms with Crippen molar-refractivity contribution in [2.24, 2.45) is 0 Å². The van der Waals surface area contributed by atoms with Crippen LogP contribution in [0.2, 0.25) is 0 Å². The highest BCUT2D eigenvalue weighted by Gasteiger charge is 2.47. The normalized spacial score (nSPS) is 16.8. The van der Waals surface area contributed by atoms with Gasteiger partial charge in [0.25, 0.3) is 35.8 Å². The van der Waals surface area contributed by atoms with E-state index < -0.39 is 29.7 Å². The van der Waals surface area contributed by atoms with Gasteiger partial charge in [-0.2, -0.15) is 5.32 Å². The van der Waals surface area contributed by atoms with E-state index in [2.05, 4.69) is 93.8 Å². The predicted molar refractivity (Wildman–Crippen MR) is 182 cm³/mol. The van der Waals surface area contributed by atoms with Gasteiger partial charge in [-0.1, -0.05) is 5.21 Å². The van der Waals surface area contributed by atoms with Crippen LogP contribution in [0, 0.1) is 85.3 Å². The number of piperidine rings is 2. The minimum atomic E-state index is -1.08. The zero-order valence-corrected chi connectivity index (χ0v) is 27.7. The van der Waals surface area contributed by atoms with Crippen molar-refractivity contribution in [3.63, 3.8) is 0 Å². The van der Waals surface area contributed by atoms with Gasteiger partial charge in [-0.15, -0.1) is 5.10 Å². The van der Waals surface area contributed by atoms with Crippen LogP contribution < -0.4 is 25.1 Å². The average molecular weight is 725 g/mol. The Labute approximate surface area is 314 Å². The second-order valence-corrected chi connectivity index (χ2v) is 11.4. The highest BCUT2D eigenvalue weighted by Crippen LogP contribution is 2.40. The summed E-state index contributed by atoms with van der Waals surface area (Å²) in [6, 6.07) is 8.89. The van der Waals surface area contributed by atoms with Gasteiger partial charge in [0.15, 0.2) is 6.04 Å². The van der Waals surface area contributed by atoms with Crippen molar-refractivity contribution in [3.05, 3.63) is 179 Å². The molecule has 2 aromatic carbocycles. The quantitative estimate of drug-likeness (QED) is 0.192. The largest absolute Gasteiger partial charge is 0.490 e. The Bertz CT molecular complexity index is 2410. The summed E-state index contributed by atoms with van der Waals surface area (Å²) < 4.78 is 18.9. The fourth-order valence-electron chi connectivity index (χ4n) is 5.62. The summed E-state index contributed by atoms with van der Waals surface area (Å²) in [6.07, 6.45) is 16.1. The monoisotopic (exact) mass is 724 g/mol. The molecule has 3 aliphatic rings. The number of likely N-dealkylation sites (tertiary alicyclic amines) is 1. The molecule has 16 nitrogen and oxygen atoms in total. The number of hydrogen-bond acceptors (Lipinski definition) is 12. The Morgan fingerprint density at radius 2 is 1.55 bits per heavy atom. The zero-order valence-electron chi connectivity index (χ0n) is 27.7. The molecule has 0 N–H and O–H groups in total. The lowest BCUT2D eigenvalue weighted by molar-refractivity contribution is -0.130. The van der Waals surface area contributed by atoms with Crippen molar-refractivity contribution in [2.75, 3.05) is 0 Å². The van der Waals surface area contributed by atoms with Crippen molar-refractivity contribution < 1.29 is 33.4 Å². The number of nitrogens with zero attached hydrogens (tertiary/aromatic N) is 8. The molecule has 0 spiro atoms. The highest BCUT2D eigenvalue weighted by atomic mass is 16.5. The summed E-state index contributed by atoms with van der Waals surface area (Å²) in [5.41, 5.74) is 1.37. The summed E-state index contributed by atoms with van der Waals surface area (Å²) in [6.45, 7) is 11.3. The van der Waals surface area contributed by atoms with Gasteiger partial charge in [-0.05, 0) is 47.3 Å². The molecule has 0 saturated carbocycles. The van der Waals surface area contributed by atoms with E-state index in [0.29, 0.717) is 32.4 Å². The Kier molecular flexibility index (Phi) is 9.34. The number of carbonyl (C=O) groups is 4. The predicted octanol–water partition coefficient (Wildman–Crippen LogP) is 2.09. The fourth-order valence-corrected chi connectivity index (χ4v) is 5.62. The van der Waals surface area contributed by atoms with Gasteiger partial charge in [0.2, 0.25) is 0 Å². The maximum absolute atomic E-state index is 13.0. The van der Waals surface area contributed by atoms with E-state index in [9.17, 15) is 24.0 Å². The molecule has 3 aromatic heterocycles. The van der Waals surface area contributed by atoms with E-state index in [1.165, 1.54) is 44.7 Å². The van der Waals surface area contributed by atoms with Crippen LogP contribution >= 0.6 is 0 Å². The fraction of sp³-hybridized carbons (Fsp3) is 0. The van der Waals surface area contributed by atoms with Crippen LogP contribution in [0.15, 0.2) is 66.0 Å². The molecule has 2 fully saturated rings. The molecule has 6 heterocycles. The first kappa shape index (κ1) is 35.6. The molecule has 55 heavy (non-hydrogen) atoms. The van der Waals surface area contributed by atoms with Crippen LogP contribution in [0.1, 0.15) is 32.0 Å². The van der Waals surface area contributed by atoms with Crippen LogP contribution in [0.4, 0.5) is 0 Å². The van der Waals surface area contributed by atoms with Crippen molar-refractivity contribution in [1.29, 1.82) is 0 Å². The summed E-state index contributed by atoms with van der Waals surface area (Å²) in [7, 11) is 10.9. The Morgan fingerprint density at radius 3 is 2.27 bits per heavy atom. The Morgan fingerprint density at radius 1 is 0.800 bits per heavy atom. The lowest BCUT2D eigenvalue weighted by Gasteiger charge is -2.28. The number of imide groups is 2. The van der Waals surface area contributed by atoms with E-state index in [-0.39, 0.29) is 45.7 Å². The summed E-state index contributed by atoms with van der Waals surface area (Å²) >= 11 is 0. The van der Waals surface area contributed by atoms with Crippen molar-refractivity contribution >= 4 is 34.4 Å². The molecule has 3 aliphatic heterocycles. The lowest BCUT2D eigenvalue weighted by Crippen LogP contribution is -2.46. The third-order valence-electron chi connectivity index (χ3n) is 8.14. The van der Waals surface area contributed by atoms with E-state index in [0.717, 1.165) is 0 Å². The first-order valence-electron chi connectivity index (χ1n) is 15.5. The Balaban J connectivity index is 0.897. The highest BCUT2D eigenvalue weighted by molar-refractivity contribution is 6.26. The molecule has 0 unspecified atom stereocenters. The molecule has 5 aromatic rings. The number of pyridine rings is 2. The van der Waals surface area contributed by atoms with Crippen molar-refractivity contribution in [1.82, 2.24) is 39.7 Å². The van der Waals surface area contributed by atoms with Gasteiger partial charge >= 0.3 is 0 Å². The molecule has 260 valence electrons. The van der Waals surface area contributed by atoms with E-state index >= 15 is 0 Å². The molecular formula is C39H16N8O8. The van der Waals surface area contributed by atoms with Crippen molar-refractivity contribution in [3.8, 4) is 28.4 Å². The summed E-state index contributed by atoms with van der Waals surface area (Å²) in [5, 5.41) is 12.2. The summed E-state index contributed by atoms with van der Waals surface area (Å²) in [5.74, 6) is -3.05. The van der Waals surface area contributed by atoms with Crippen molar-refractivity contribution in [2.45, 2.75) is 0 Å². The van der Waals surface area contributed by atoms with Crippen LogP contribution in [0.3, 0.4) is 0 Å². The molecule has 2 saturated heterocycles. The SMILES string of the molecule is [CH2]Oc1cc(-c2cn([CH2])c(=O)c3cnccc23)cc(O[CH2])c1[C]N1[C][C][C](n2cc([C]Oc3ccc4c(c3)C(=O)N([C]3[C][C]C(=O)[N]C3=O)C4=O)nn2)[C][C]1. The lowest BCUT2D eigenvalue weighted by atomic mass is 9.98. The van der Waals surface area contributed by atoms with E-state index in [1.807, 2.05) is 0 Å². The number of hydrogen-bond donors (Lipinski definition) is 0. The smallest absolute Gasteiger partial charge is 0.279 e. The van der Waals surface area contributed by atoms with Crippen LogP contribution in [0.25, 0.3) is 21.9 Å². The minimum absolute atomic E-state index is 0.00432. The van der Waals surface area contributed by atoms with Gasteiger partial charge in [0, 0.05) is 50.5 Å². The van der Waals surface area contributed by atoms with Crippen LogP contribution in [-0.2, 0) is 9.59 Å². The molecule has 8 rings (SSSR count). The maximum Gasteiger partial charge on any atom is 0.279 e. The van der Waals surface area contributed by atoms with E-state index in [4.69, 9.17) is 14.2 Å². The van der Waals surface area contributed by atoms with Gasteiger partial charge in [0.05, 0.1) is 47.8 Å². The van der Waals surface area contributed by atoms with Crippen LogP contribution in [-0.4, -0.2) is 58.0 Å². The summed E-state index contributed by atoms with van der Waals surface area (Å²) in [4.78, 5) is 67.9. The molecule has 0 aliphatic carbocycles. The number of carbonyl (C=O) groups excluding carboxylic acids is 4. The topological polar surface area (TPSA) is 182 Å². The number of ether oxygens (including phenoxy) is 3. The number of fused-ring (bicyclic) bond motifs is 2. The van der Waals surface area contributed by atoms with Gasteiger partial charge in [-0.25, -0.2) is 4.68 Å². The standard InChI is InChI=1S/C39H16N8O8/c1-44-19-30(26-8-11-40-17-29(26)37(44)50)22-14-33(53-2)31(34(15-22)54-3)20-45-12-9-24(10-13-45)46-18-23(42-43-46)21-55-25-4-5-27-28(16-25)39(52)47(38(27)51)32-6-7-35(48)41-36(32)49/h4-5,8,11,14-19H,1-3H2. The molecule has 0 atom stereocenters. The number of amides is 4. The first-order valence-corrected chi connectivity index (χ1v) is 15.5. The number of aromatic nitrogens is 5. The van der Waals surface area contributed by atoms with Gasteiger partial charge in [-0.3, -0.25) is 38.8 Å². The van der Waals surface area contributed by atoms with Gasteiger partial charge in [0.1, 0.15) is 49.7 Å². The third-order valence-corrected chi connectivity index (χ3v) is 8.14. The second kappa shape index (κ2) is 14.4. The van der Waals surface area contributed by atoms with Gasteiger partial charge < -0.3 is 18.8 Å². The van der Waals surface area contributed by atoms with E-state index in [1.54, 1.807) is 30.6 Å². The zero-order chi connectivity index (χ0) is 38.4. The number of rotatable bonds is 10. The Hall–Kier alpha value is -6.42. The molecule has 4 amide bonds. The maximum atomic E-state index is 13.0. The average Bonchev–Trinajstić information content (AvgIpc) is 3.77. The molecular weight excluding hydrogens is 708 g/mol. The molecule has 0 bridgehead atoms. The molecule has 16 heteroatoms.